The number of Topliss-reactive ketones (excluding diaryl/α,β-unsaturated/α-hetero) is 5. The molecule has 0 amide bonds. The predicted molar refractivity (Wildman–Crippen MR) is 146 cm³/mol. The molecule has 7 nitrogen and oxygen atoms in total. The average Bonchev–Trinajstić information content (AvgIpc) is 2.80. The summed E-state index contributed by atoms with van der Waals surface area (Å²) >= 11 is 0. The number of aromatic hydroxyl groups is 1. The van der Waals surface area contributed by atoms with E-state index in [-0.39, 0.29) is 30.1 Å². The smallest absolute Gasteiger partial charge is 0.190 e. The summed E-state index contributed by atoms with van der Waals surface area (Å²) in [7, 11) is 0. The lowest BCUT2D eigenvalue weighted by Gasteiger charge is -2.62. The number of phenolic OH excluding ortho intramolecular Hbond substituents is 1. The average molecular weight is 535 g/mol. The van der Waals surface area contributed by atoms with Gasteiger partial charge in [0.05, 0.1) is 11.5 Å². The van der Waals surface area contributed by atoms with Crippen molar-refractivity contribution in [3.05, 3.63) is 47.6 Å². The number of hydrogen-bond acceptors (Lipinski definition) is 7. The highest BCUT2D eigenvalue weighted by Gasteiger charge is 2.76. The van der Waals surface area contributed by atoms with Crippen LogP contribution in [0.1, 0.15) is 76.4 Å². The third-order valence-corrected chi connectivity index (χ3v) is 9.67. The van der Waals surface area contributed by atoms with Gasteiger partial charge in [-0.3, -0.25) is 24.0 Å². The molecule has 1 aromatic carbocycles. The van der Waals surface area contributed by atoms with E-state index in [1.54, 1.807) is 33.8 Å². The third kappa shape index (κ3) is 3.62. The van der Waals surface area contributed by atoms with Crippen LogP contribution in [-0.2, 0) is 25.6 Å². The number of ketones is 5. The first-order valence-electron chi connectivity index (χ1n) is 13.5. The first-order valence-corrected chi connectivity index (χ1v) is 13.5. The highest BCUT2D eigenvalue weighted by Crippen LogP contribution is 2.64. The molecule has 0 bridgehead atoms. The Bertz CT molecular complexity index is 1380. The van der Waals surface area contributed by atoms with Crippen LogP contribution in [0, 0.1) is 40.4 Å². The van der Waals surface area contributed by atoms with E-state index in [0.29, 0.717) is 16.7 Å². The molecule has 7 heteroatoms. The maximum absolute atomic E-state index is 14.3. The molecule has 3 unspecified atom stereocenters. The van der Waals surface area contributed by atoms with E-state index in [2.05, 4.69) is 13.2 Å². The summed E-state index contributed by atoms with van der Waals surface area (Å²) in [6.45, 7) is 20.2. The molecule has 6 atom stereocenters. The van der Waals surface area contributed by atoms with Crippen LogP contribution in [0.3, 0.4) is 0 Å². The SMILES string of the molecule is C=C(C(=C)C(C)C)c1ccc(O)c2c1C[C@]1(C)C[C@]3(C)C(C(C)C)C(=O)C(C(C)=O)C(=O)[C@]3(O)C(=O)C1C2=O. The summed E-state index contributed by atoms with van der Waals surface area (Å²) in [6.07, 6.45) is 0.184. The molecule has 1 aromatic rings. The maximum Gasteiger partial charge on any atom is 0.190 e. The molecule has 208 valence electrons. The van der Waals surface area contributed by atoms with Crippen molar-refractivity contribution in [1.82, 2.24) is 0 Å². The summed E-state index contributed by atoms with van der Waals surface area (Å²) in [5, 5.41) is 22.9. The Kier molecular flexibility index (Phi) is 6.59. The maximum atomic E-state index is 14.3. The van der Waals surface area contributed by atoms with Crippen molar-refractivity contribution < 1.29 is 34.2 Å². The van der Waals surface area contributed by atoms with Crippen molar-refractivity contribution >= 4 is 34.5 Å². The molecule has 4 rings (SSSR count). The largest absolute Gasteiger partial charge is 0.507 e. The summed E-state index contributed by atoms with van der Waals surface area (Å²) in [5.74, 6) is -8.95. The Morgan fingerprint density at radius 2 is 1.62 bits per heavy atom. The number of phenols is 1. The molecule has 39 heavy (non-hydrogen) atoms. The van der Waals surface area contributed by atoms with E-state index >= 15 is 0 Å². The van der Waals surface area contributed by atoms with Crippen LogP contribution in [0.2, 0.25) is 0 Å². The first-order chi connectivity index (χ1) is 17.9. The monoisotopic (exact) mass is 534 g/mol. The second kappa shape index (κ2) is 8.91. The van der Waals surface area contributed by atoms with E-state index in [1.807, 2.05) is 13.8 Å². The molecule has 0 spiro atoms. The fourth-order valence-electron chi connectivity index (χ4n) is 7.94. The molecule has 2 saturated carbocycles. The van der Waals surface area contributed by atoms with Crippen LogP contribution in [0.25, 0.3) is 5.57 Å². The van der Waals surface area contributed by atoms with Gasteiger partial charge in [-0.05, 0) is 65.4 Å². The van der Waals surface area contributed by atoms with Crippen LogP contribution < -0.4 is 0 Å². The lowest BCUT2D eigenvalue weighted by atomic mass is 9.39. The highest BCUT2D eigenvalue weighted by atomic mass is 16.3. The van der Waals surface area contributed by atoms with Crippen LogP contribution in [0.4, 0.5) is 0 Å². The second-order valence-corrected chi connectivity index (χ2v) is 13.0. The third-order valence-electron chi connectivity index (χ3n) is 9.67. The van der Waals surface area contributed by atoms with Gasteiger partial charge in [0.25, 0.3) is 0 Å². The van der Waals surface area contributed by atoms with Gasteiger partial charge in [0, 0.05) is 11.3 Å². The molecule has 2 N–H and O–H groups in total. The zero-order valence-electron chi connectivity index (χ0n) is 23.8. The van der Waals surface area contributed by atoms with Crippen molar-refractivity contribution in [2.24, 2.45) is 40.4 Å². The lowest BCUT2D eigenvalue weighted by molar-refractivity contribution is -0.205. The van der Waals surface area contributed by atoms with E-state index in [9.17, 15) is 34.2 Å². The zero-order chi connectivity index (χ0) is 29.6. The number of carbonyl (C=O) groups excluding carboxylic acids is 5. The molecule has 0 heterocycles. The zero-order valence-corrected chi connectivity index (χ0v) is 23.8. The molecular formula is C32H38O7. The molecule has 2 fully saturated rings. The summed E-state index contributed by atoms with van der Waals surface area (Å²) < 4.78 is 0. The normalized spacial score (nSPS) is 34.1. The van der Waals surface area contributed by atoms with Crippen molar-refractivity contribution in [2.45, 2.75) is 66.9 Å². The van der Waals surface area contributed by atoms with Crippen LogP contribution in [-0.4, -0.2) is 44.7 Å². The van der Waals surface area contributed by atoms with Gasteiger partial charge in [0.1, 0.15) is 17.5 Å². The Hall–Kier alpha value is -3.19. The molecular weight excluding hydrogens is 496 g/mol. The number of rotatable bonds is 5. The summed E-state index contributed by atoms with van der Waals surface area (Å²) in [4.78, 5) is 68.2. The van der Waals surface area contributed by atoms with E-state index in [0.717, 1.165) is 12.5 Å². The number of fused-ring (bicyclic) bond motifs is 3. The molecule has 0 saturated heterocycles. The number of carbonyl (C=O) groups is 5. The quantitative estimate of drug-likeness (QED) is 0.426. The van der Waals surface area contributed by atoms with Gasteiger partial charge in [-0.15, -0.1) is 0 Å². The summed E-state index contributed by atoms with van der Waals surface area (Å²) in [5.41, 5.74) is -2.81. The highest BCUT2D eigenvalue weighted by molar-refractivity contribution is 6.32. The lowest BCUT2D eigenvalue weighted by Crippen LogP contribution is -2.76. The van der Waals surface area contributed by atoms with E-state index in [1.165, 1.54) is 6.07 Å². The van der Waals surface area contributed by atoms with Crippen LogP contribution in [0.15, 0.2) is 30.9 Å². The van der Waals surface area contributed by atoms with Gasteiger partial charge >= 0.3 is 0 Å². The van der Waals surface area contributed by atoms with E-state index in [4.69, 9.17) is 0 Å². The number of aliphatic hydroxyl groups is 1. The molecule has 3 aliphatic rings. The van der Waals surface area contributed by atoms with Crippen molar-refractivity contribution in [2.75, 3.05) is 0 Å². The standard InChI is InChI=1S/C32H38O7/c1-14(2)16(5)17(6)19-10-11-21(34)23-20(19)12-30(8)13-31(9)24(15(3)4)26(35)22(18(7)33)28(37)32(31,39)29(38)25(30)27(23)36/h10-11,14-15,22,24-25,34,39H,5-6,12-13H2,1-4,7-9H3/t22?,24?,25?,30-,31-,32+/m1/s1. The first kappa shape index (κ1) is 28.8. The van der Waals surface area contributed by atoms with Gasteiger partial charge in [-0.25, -0.2) is 0 Å². The number of benzene rings is 1. The molecule has 3 aliphatic carbocycles. The Morgan fingerprint density at radius 3 is 2.13 bits per heavy atom. The second-order valence-electron chi connectivity index (χ2n) is 13.0. The van der Waals surface area contributed by atoms with Gasteiger partial charge in [-0.1, -0.05) is 60.8 Å². The van der Waals surface area contributed by atoms with Gasteiger partial charge in [-0.2, -0.15) is 0 Å². The van der Waals surface area contributed by atoms with Crippen LogP contribution >= 0.6 is 0 Å². The minimum Gasteiger partial charge on any atom is -0.507 e. The predicted octanol–water partition coefficient (Wildman–Crippen LogP) is 4.32. The van der Waals surface area contributed by atoms with Crippen molar-refractivity contribution in [3.63, 3.8) is 0 Å². The summed E-state index contributed by atoms with van der Waals surface area (Å²) in [6, 6.07) is 3.07. The Labute approximate surface area is 229 Å². The van der Waals surface area contributed by atoms with Crippen LogP contribution in [0.5, 0.6) is 5.75 Å². The molecule has 0 aliphatic heterocycles. The van der Waals surface area contributed by atoms with E-state index < -0.39 is 69.0 Å². The van der Waals surface area contributed by atoms with Crippen molar-refractivity contribution in [1.29, 1.82) is 0 Å². The van der Waals surface area contributed by atoms with Gasteiger partial charge in [0.15, 0.2) is 28.7 Å². The fraction of sp³-hybridized carbons (Fsp3) is 0.531. The molecule has 0 aromatic heterocycles. The minimum absolute atomic E-state index is 0.00966. The number of allylic oxidation sites excluding steroid dienone is 2. The van der Waals surface area contributed by atoms with Gasteiger partial charge < -0.3 is 10.2 Å². The Balaban J connectivity index is 1.98. The topological polar surface area (TPSA) is 126 Å². The van der Waals surface area contributed by atoms with Gasteiger partial charge in [0.2, 0.25) is 0 Å². The Morgan fingerprint density at radius 1 is 1.03 bits per heavy atom. The van der Waals surface area contributed by atoms with Crippen molar-refractivity contribution in [3.8, 4) is 5.75 Å². The minimum atomic E-state index is -2.70. The number of hydrogen-bond donors (Lipinski definition) is 2. The molecule has 0 radical (unpaired) electrons. The fourth-order valence-corrected chi connectivity index (χ4v) is 7.94.